The number of nitrogens with zero attached hydrogens (tertiary/aromatic N) is 1. The molecule has 1 heterocycles. The molecule has 0 aromatic heterocycles. The standard InChI is InChI=1S/C12H22N4O3S/c1-2-4-9(7-20)10(17)12(5-3-6-14-12)11(18)19-16-8-15-13/h8-9,14,20H,2-7,13H2,1H3,(H,15,16)/t9?,12-/m1/s1. The van der Waals surface area contributed by atoms with Gasteiger partial charge in [-0.3, -0.25) is 10.1 Å². The minimum Gasteiger partial charge on any atom is -0.340 e. The van der Waals surface area contributed by atoms with E-state index in [-0.39, 0.29) is 11.7 Å². The van der Waals surface area contributed by atoms with Gasteiger partial charge in [0, 0.05) is 11.7 Å². The molecule has 1 rings (SSSR count). The average molecular weight is 302 g/mol. The molecule has 1 unspecified atom stereocenters. The first-order valence-electron chi connectivity index (χ1n) is 6.71. The van der Waals surface area contributed by atoms with Gasteiger partial charge in [-0.2, -0.15) is 17.7 Å². The number of rotatable bonds is 8. The molecule has 0 aliphatic carbocycles. The summed E-state index contributed by atoms with van der Waals surface area (Å²) in [5, 5.41) is 6.15. The fraction of sp³-hybridized carbons (Fsp3) is 0.750. The molecular formula is C12H22N4O3S. The second kappa shape index (κ2) is 8.11. The molecule has 0 bridgehead atoms. The van der Waals surface area contributed by atoms with Crippen molar-refractivity contribution in [2.45, 2.75) is 38.1 Å². The minimum absolute atomic E-state index is 0.150. The van der Waals surface area contributed by atoms with E-state index in [9.17, 15) is 9.59 Å². The van der Waals surface area contributed by atoms with Crippen molar-refractivity contribution in [2.24, 2.45) is 16.9 Å². The lowest BCUT2D eigenvalue weighted by atomic mass is 9.83. The van der Waals surface area contributed by atoms with E-state index >= 15 is 0 Å². The predicted molar refractivity (Wildman–Crippen MR) is 79.1 cm³/mol. The van der Waals surface area contributed by atoms with E-state index in [4.69, 9.17) is 10.7 Å². The Balaban J connectivity index is 2.84. The molecule has 8 heteroatoms. The van der Waals surface area contributed by atoms with Gasteiger partial charge in [0.15, 0.2) is 11.3 Å². The summed E-state index contributed by atoms with van der Waals surface area (Å²) >= 11 is 4.22. The lowest BCUT2D eigenvalue weighted by molar-refractivity contribution is -0.159. The number of hydrogen-bond donors (Lipinski definition) is 4. The molecule has 2 atom stereocenters. The first-order valence-corrected chi connectivity index (χ1v) is 7.34. The molecule has 1 fully saturated rings. The van der Waals surface area contributed by atoms with E-state index in [1.807, 2.05) is 6.92 Å². The van der Waals surface area contributed by atoms with Crippen LogP contribution in [0.3, 0.4) is 0 Å². The van der Waals surface area contributed by atoms with E-state index in [2.05, 4.69) is 28.5 Å². The highest BCUT2D eigenvalue weighted by molar-refractivity contribution is 7.80. The number of Topliss-reactive ketones (excluding diaryl/α,β-unsaturated/α-hetero) is 1. The summed E-state index contributed by atoms with van der Waals surface area (Å²) in [7, 11) is 0. The number of nitrogens with two attached hydrogens (primary N) is 1. The third-order valence-corrected chi connectivity index (χ3v) is 3.87. The summed E-state index contributed by atoms with van der Waals surface area (Å²) in [6, 6.07) is 0. The minimum atomic E-state index is -1.28. The average Bonchev–Trinajstić information content (AvgIpc) is 2.95. The summed E-state index contributed by atoms with van der Waals surface area (Å²) in [6.45, 7) is 2.60. The Morgan fingerprint density at radius 2 is 2.40 bits per heavy atom. The van der Waals surface area contributed by atoms with E-state index in [1.165, 1.54) is 0 Å². The molecule has 20 heavy (non-hydrogen) atoms. The number of carbonyl (C=O) groups is 2. The molecule has 0 aromatic rings. The van der Waals surface area contributed by atoms with Gasteiger partial charge in [-0.25, -0.2) is 10.3 Å². The fourth-order valence-electron chi connectivity index (χ4n) is 2.43. The maximum Gasteiger partial charge on any atom is 0.359 e. The van der Waals surface area contributed by atoms with Gasteiger partial charge in [-0.15, -0.1) is 0 Å². The van der Waals surface area contributed by atoms with Gasteiger partial charge in [-0.05, 0) is 25.8 Å². The van der Waals surface area contributed by atoms with Crippen molar-refractivity contribution < 1.29 is 14.4 Å². The number of hydroxylamine groups is 1. The molecule has 7 nitrogen and oxygen atoms in total. The van der Waals surface area contributed by atoms with Crippen LogP contribution in [0, 0.1) is 5.92 Å². The topological polar surface area (TPSA) is 106 Å². The van der Waals surface area contributed by atoms with Gasteiger partial charge in [0.25, 0.3) is 0 Å². The van der Waals surface area contributed by atoms with Gasteiger partial charge in [0.1, 0.15) is 6.34 Å². The SMILES string of the molecule is CCCC(CS)C(=O)[C@@]1(C(=O)ONC=NN)CCCN1. The Bertz CT molecular complexity index is 370. The third-order valence-electron chi connectivity index (χ3n) is 3.43. The molecule has 1 saturated heterocycles. The van der Waals surface area contributed by atoms with Crippen LogP contribution in [0.4, 0.5) is 0 Å². The van der Waals surface area contributed by atoms with Crippen LogP contribution in [0.25, 0.3) is 0 Å². The Labute approximate surface area is 124 Å². The van der Waals surface area contributed by atoms with E-state index in [0.29, 0.717) is 25.1 Å². The number of thiol groups is 1. The molecule has 0 aromatic carbocycles. The second-order valence-corrected chi connectivity index (χ2v) is 5.12. The normalized spacial score (nSPS) is 23.7. The highest BCUT2D eigenvalue weighted by Crippen LogP contribution is 2.27. The van der Waals surface area contributed by atoms with Crippen molar-refractivity contribution in [1.29, 1.82) is 0 Å². The quantitative estimate of drug-likeness (QED) is 0.125. The Morgan fingerprint density at radius 3 is 2.90 bits per heavy atom. The fourth-order valence-corrected chi connectivity index (χ4v) is 2.78. The van der Waals surface area contributed by atoms with Crippen LogP contribution in [-0.2, 0) is 14.4 Å². The van der Waals surface area contributed by atoms with Crippen LogP contribution in [0.15, 0.2) is 5.10 Å². The smallest absolute Gasteiger partial charge is 0.340 e. The predicted octanol–water partition coefficient (Wildman–Crippen LogP) is -0.0264. The van der Waals surface area contributed by atoms with Crippen LogP contribution in [0.2, 0.25) is 0 Å². The summed E-state index contributed by atoms with van der Waals surface area (Å²) < 4.78 is 0. The first kappa shape index (κ1) is 16.8. The van der Waals surface area contributed by atoms with E-state index in [1.54, 1.807) is 0 Å². The zero-order valence-corrected chi connectivity index (χ0v) is 12.5. The van der Waals surface area contributed by atoms with Crippen molar-refractivity contribution in [1.82, 2.24) is 10.8 Å². The number of hydrazone groups is 1. The second-order valence-electron chi connectivity index (χ2n) is 4.75. The van der Waals surface area contributed by atoms with Gasteiger partial charge >= 0.3 is 5.97 Å². The van der Waals surface area contributed by atoms with Crippen LogP contribution in [-0.4, -0.2) is 35.9 Å². The number of carbonyl (C=O) groups excluding carboxylic acids is 2. The van der Waals surface area contributed by atoms with E-state index in [0.717, 1.165) is 19.2 Å². The lowest BCUT2D eigenvalue weighted by Crippen LogP contribution is -2.58. The van der Waals surface area contributed by atoms with Gasteiger partial charge < -0.3 is 10.7 Å². The monoisotopic (exact) mass is 302 g/mol. The van der Waals surface area contributed by atoms with E-state index < -0.39 is 11.5 Å². The Hall–Kier alpha value is -1.28. The molecular weight excluding hydrogens is 280 g/mol. The molecule has 0 amide bonds. The lowest BCUT2D eigenvalue weighted by Gasteiger charge is -2.28. The van der Waals surface area contributed by atoms with Crippen molar-refractivity contribution in [2.75, 3.05) is 12.3 Å². The maximum atomic E-state index is 12.7. The molecule has 0 spiro atoms. The van der Waals surface area contributed by atoms with Crippen molar-refractivity contribution in [3.05, 3.63) is 0 Å². The molecule has 1 aliphatic heterocycles. The van der Waals surface area contributed by atoms with Crippen LogP contribution in [0.5, 0.6) is 0 Å². The number of hydrogen-bond acceptors (Lipinski definition) is 7. The van der Waals surface area contributed by atoms with Gasteiger partial charge in [0.05, 0.1) is 0 Å². The Morgan fingerprint density at radius 1 is 1.65 bits per heavy atom. The maximum absolute atomic E-state index is 12.7. The third kappa shape index (κ3) is 3.63. The van der Waals surface area contributed by atoms with Gasteiger partial charge in [0.2, 0.25) is 0 Å². The number of ketones is 1. The van der Waals surface area contributed by atoms with Crippen LogP contribution >= 0.6 is 12.6 Å². The van der Waals surface area contributed by atoms with Gasteiger partial charge in [-0.1, -0.05) is 13.3 Å². The van der Waals surface area contributed by atoms with Crippen LogP contribution < -0.4 is 16.6 Å². The summed E-state index contributed by atoms with van der Waals surface area (Å²) in [4.78, 5) is 29.7. The number of nitrogens with one attached hydrogen (secondary N) is 2. The zero-order valence-electron chi connectivity index (χ0n) is 11.6. The molecule has 0 radical (unpaired) electrons. The zero-order chi connectivity index (χ0) is 15.0. The molecule has 0 saturated carbocycles. The molecule has 4 N–H and O–H groups in total. The summed E-state index contributed by atoms with van der Waals surface area (Å²) in [6.07, 6.45) is 3.78. The van der Waals surface area contributed by atoms with Crippen LogP contribution in [0.1, 0.15) is 32.6 Å². The van der Waals surface area contributed by atoms with Crippen molar-refractivity contribution >= 4 is 30.7 Å². The Kier molecular flexibility index (Phi) is 6.80. The first-order chi connectivity index (χ1) is 9.62. The summed E-state index contributed by atoms with van der Waals surface area (Å²) in [5.41, 5.74) is 0.923. The molecule has 1 aliphatic rings. The highest BCUT2D eigenvalue weighted by Gasteiger charge is 2.51. The van der Waals surface area contributed by atoms with Crippen molar-refractivity contribution in [3.63, 3.8) is 0 Å². The highest BCUT2D eigenvalue weighted by atomic mass is 32.1. The largest absolute Gasteiger partial charge is 0.359 e. The summed E-state index contributed by atoms with van der Waals surface area (Å²) in [5.74, 6) is 4.25. The van der Waals surface area contributed by atoms with Crippen molar-refractivity contribution in [3.8, 4) is 0 Å². The molecule has 114 valence electrons.